The van der Waals surface area contributed by atoms with Crippen LogP contribution < -0.4 is 15.8 Å². The quantitative estimate of drug-likeness (QED) is 0.574. The first-order chi connectivity index (χ1) is 13.2. The second kappa shape index (κ2) is 7.21. The zero-order valence-electron chi connectivity index (χ0n) is 14.5. The maximum Gasteiger partial charge on any atom is 0.326 e. The number of nitrogens with zero attached hydrogens (tertiary/aromatic N) is 2. The van der Waals surface area contributed by atoms with Crippen LogP contribution in [0.2, 0.25) is 0 Å². The highest BCUT2D eigenvalue weighted by Crippen LogP contribution is 2.26. The fourth-order valence-corrected chi connectivity index (χ4v) is 2.85. The molecule has 0 atom stereocenters. The molecule has 0 aliphatic heterocycles. The molecule has 6 nitrogen and oxygen atoms in total. The number of hydrogen-bond acceptors (Lipinski definition) is 4. The van der Waals surface area contributed by atoms with E-state index < -0.39 is 0 Å². The van der Waals surface area contributed by atoms with E-state index in [4.69, 9.17) is 10.5 Å². The molecule has 0 bridgehead atoms. The Kier molecular flexibility index (Phi) is 4.45. The Hall–Kier alpha value is -3.80. The molecule has 0 radical (unpaired) electrons. The van der Waals surface area contributed by atoms with Crippen molar-refractivity contribution < 1.29 is 9.53 Å². The highest BCUT2D eigenvalue weighted by Gasteiger charge is 2.10. The van der Waals surface area contributed by atoms with Crippen LogP contribution in [0.3, 0.4) is 0 Å². The molecule has 4 rings (SSSR count). The minimum Gasteiger partial charge on any atom is -0.457 e. The van der Waals surface area contributed by atoms with E-state index in [-0.39, 0.29) is 6.03 Å². The molecular formula is C21H18N4O2. The summed E-state index contributed by atoms with van der Waals surface area (Å²) < 4.78 is 7.40. The lowest BCUT2D eigenvalue weighted by Gasteiger charge is -2.09. The van der Waals surface area contributed by atoms with Crippen LogP contribution in [0.1, 0.15) is 5.56 Å². The summed E-state index contributed by atoms with van der Waals surface area (Å²) in [5.41, 5.74) is 7.53. The Morgan fingerprint density at radius 1 is 1.04 bits per heavy atom. The Morgan fingerprint density at radius 3 is 2.67 bits per heavy atom. The maximum absolute atomic E-state index is 12.5. The smallest absolute Gasteiger partial charge is 0.326 e. The summed E-state index contributed by atoms with van der Waals surface area (Å²) in [5, 5.41) is 3.83. The Morgan fingerprint density at radius 2 is 1.85 bits per heavy atom. The van der Waals surface area contributed by atoms with Gasteiger partial charge in [0.15, 0.2) is 0 Å². The molecule has 0 unspecified atom stereocenters. The minimum absolute atomic E-state index is 0.176. The number of aromatic nitrogens is 2. The van der Waals surface area contributed by atoms with Gasteiger partial charge in [-0.05, 0) is 35.9 Å². The number of anilines is 1. The van der Waals surface area contributed by atoms with Crippen molar-refractivity contribution in [1.29, 1.82) is 0 Å². The predicted molar refractivity (Wildman–Crippen MR) is 105 cm³/mol. The first-order valence-electron chi connectivity index (χ1n) is 8.52. The molecule has 2 aromatic carbocycles. The van der Waals surface area contributed by atoms with Crippen molar-refractivity contribution in [1.82, 2.24) is 14.9 Å². The Labute approximate surface area is 156 Å². The van der Waals surface area contributed by atoms with Gasteiger partial charge >= 0.3 is 6.03 Å². The lowest BCUT2D eigenvalue weighted by atomic mass is 10.2. The topological polar surface area (TPSA) is 82.2 Å². The van der Waals surface area contributed by atoms with Crippen LogP contribution in [0, 0.1) is 0 Å². The Balaban J connectivity index is 1.51. The average molecular weight is 358 g/mol. The normalized spacial score (nSPS) is 10.7. The number of benzene rings is 2. The molecule has 6 heteroatoms. The van der Waals surface area contributed by atoms with Crippen LogP contribution in [-0.2, 0) is 6.54 Å². The molecule has 4 aromatic rings. The monoisotopic (exact) mass is 358 g/mol. The number of pyridine rings is 1. The second-order valence-corrected chi connectivity index (χ2v) is 6.07. The highest BCUT2D eigenvalue weighted by atomic mass is 16.5. The number of carbonyl (C=O) groups excluding carboxylic acids is 1. The molecule has 27 heavy (non-hydrogen) atoms. The second-order valence-electron chi connectivity index (χ2n) is 6.07. The van der Waals surface area contributed by atoms with Crippen molar-refractivity contribution in [3.05, 3.63) is 84.7 Å². The molecule has 0 fully saturated rings. The van der Waals surface area contributed by atoms with E-state index in [0.29, 0.717) is 23.9 Å². The van der Waals surface area contributed by atoms with Gasteiger partial charge in [0.05, 0.1) is 5.52 Å². The summed E-state index contributed by atoms with van der Waals surface area (Å²) in [4.78, 5) is 16.4. The van der Waals surface area contributed by atoms with Gasteiger partial charge < -0.3 is 15.8 Å². The molecule has 0 saturated carbocycles. The number of amides is 1. The van der Waals surface area contributed by atoms with Crippen molar-refractivity contribution in [2.24, 2.45) is 0 Å². The summed E-state index contributed by atoms with van der Waals surface area (Å²) in [7, 11) is 0. The SMILES string of the molecule is Nc1cc(Oc2ccc3c(ccn3C(=O)NCc3ccccc3)c2)ccn1. The van der Waals surface area contributed by atoms with Crippen molar-refractivity contribution in [3.63, 3.8) is 0 Å². The molecular weight excluding hydrogens is 340 g/mol. The van der Waals surface area contributed by atoms with Crippen molar-refractivity contribution in [2.45, 2.75) is 6.54 Å². The van der Waals surface area contributed by atoms with Gasteiger partial charge in [-0.25, -0.2) is 9.78 Å². The summed E-state index contributed by atoms with van der Waals surface area (Å²) in [6, 6.07) is 20.5. The molecule has 2 heterocycles. The fourth-order valence-electron chi connectivity index (χ4n) is 2.85. The molecule has 0 aliphatic carbocycles. The van der Waals surface area contributed by atoms with E-state index in [2.05, 4.69) is 10.3 Å². The number of hydrogen-bond donors (Lipinski definition) is 2. The van der Waals surface area contributed by atoms with Gasteiger partial charge in [0.2, 0.25) is 0 Å². The van der Waals surface area contributed by atoms with E-state index in [9.17, 15) is 4.79 Å². The van der Waals surface area contributed by atoms with Gasteiger partial charge in [-0.15, -0.1) is 0 Å². The van der Waals surface area contributed by atoms with E-state index in [0.717, 1.165) is 16.5 Å². The van der Waals surface area contributed by atoms with Crippen LogP contribution in [-0.4, -0.2) is 15.6 Å². The van der Waals surface area contributed by atoms with Crippen LogP contribution in [0.4, 0.5) is 10.6 Å². The molecule has 134 valence electrons. The van der Waals surface area contributed by atoms with Gasteiger partial charge in [-0.1, -0.05) is 30.3 Å². The van der Waals surface area contributed by atoms with Crippen LogP contribution in [0.15, 0.2) is 79.1 Å². The summed E-state index contributed by atoms with van der Waals surface area (Å²) >= 11 is 0. The summed E-state index contributed by atoms with van der Waals surface area (Å²) in [6.45, 7) is 0.476. The molecule has 0 saturated heterocycles. The average Bonchev–Trinajstić information content (AvgIpc) is 3.10. The van der Waals surface area contributed by atoms with E-state index in [1.54, 1.807) is 29.1 Å². The van der Waals surface area contributed by atoms with Crippen LogP contribution >= 0.6 is 0 Å². The van der Waals surface area contributed by atoms with E-state index >= 15 is 0 Å². The Bertz CT molecular complexity index is 1090. The number of ether oxygens (including phenoxy) is 1. The fraction of sp³-hybridized carbons (Fsp3) is 0.0476. The standard InChI is InChI=1S/C21H18N4O2/c22-20-13-18(8-10-23-20)27-17-6-7-19-16(12-17)9-11-25(19)21(26)24-14-15-4-2-1-3-5-15/h1-13H,14H2,(H2,22,23)(H,24,26). The predicted octanol–water partition coefficient (Wildman–Crippen LogP) is 4.17. The molecule has 2 aromatic heterocycles. The molecule has 1 amide bonds. The minimum atomic E-state index is -0.176. The third kappa shape index (κ3) is 3.74. The number of fused-ring (bicyclic) bond motifs is 1. The number of rotatable bonds is 4. The number of nitrogens with one attached hydrogen (secondary N) is 1. The lowest BCUT2D eigenvalue weighted by Crippen LogP contribution is -2.27. The van der Waals surface area contributed by atoms with Crippen molar-refractivity contribution in [3.8, 4) is 11.5 Å². The first-order valence-corrected chi connectivity index (χ1v) is 8.52. The molecule has 3 N–H and O–H groups in total. The number of nitrogens with two attached hydrogens (primary N) is 1. The largest absolute Gasteiger partial charge is 0.457 e. The van der Waals surface area contributed by atoms with Crippen molar-refractivity contribution >= 4 is 22.8 Å². The van der Waals surface area contributed by atoms with Gasteiger partial charge in [-0.2, -0.15) is 0 Å². The zero-order valence-corrected chi connectivity index (χ0v) is 14.5. The zero-order chi connectivity index (χ0) is 18.6. The molecule has 0 spiro atoms. The van der Waals surface area contributed by atoms with Crippen LogP contribution in [0.25, 0.3) is 10.9 Å². The third-order valence-corrected chi connectivity index (χ3v) is 4.16. The van der Waals surface area contributed by atoms with E-state index in [1.165, 1.54) is 0 Å². The highest BCUT2D eigenvalue weighted by molar-refractivity contribution is 5.92. The van der Waals surface area contributed by atoms with Gasteiger partial charge in [0.1, 0.15) is 17.3 Å². The summed E-state index contributed by atoms with van der Waals surface area (Å²) in [6.07, 6.45) is 3.34. The molecule has 0 aliphatic rings. The van der Waals surface area contributed by atoms with Gasteiger partial charge in [-0.3, -0.25) is 4.57 Å². The van der Waals surface area contributed by atoms with Crippen LogP contribution in [0.5, 0.6) is 11.5 Å². The number of nitrogen functional groups attached to an aromatic ring is 1. The first kappa shape index (κ1) is 16.7. The van der Waals surface area contributed by atoms with Gasteiger partial charge in [0.25, 0.3) is 0 Å². The lowest BCUT2D eigenvalue weighted by molar-refractivity contribution is 0.243. The third-order valence-electron chi connectivity index (χ3n) is 4.16. The van der Waals surface area contributed by atoms with Gasteiger partial charge in [0, 0.05) is 30.4 Å². The maximum atomic E-state index is 12.5. The number of carbonyl (C=O) groups is 1. The van der Waals surface area contributed by atoms with E-state index in [1.807, 2.05) is 54.6 Å². The summed E-state index contributed by atoms with van der Waals surface area (Å²) in [5.74, 6) is 1.67. The van der Waals surface area contributed by atoms with Crippen molar-refractivity contribution in [2.75, 3.05) is 5.73 Å².